The van der Waals surface area contributed by atoms with Crippen LogP contribution in [0.2, 0.25) is 0 Å². The lowest BCUT2D eigenvalue weighted by Crippen LogP contribution is -2.53. The topological polar surface area (TPSA) is 87.2 Å². The van der Waals surface area contributed by atoms with Crippen LogP contribution < -0.4 is 4.74 Å². The van der Waals surface area contributed by atoms with E-state index in [0.29, 0.717) is 62.7 Å². The Hall–Kier alpha value is -3.19. The fourth-order valence-electron chi connectivity index (χ4n) is 4.57. The highest BCUT2D eigenvalue weighted by Gasteiger charge is 2.50. The first-order chi connectivity index (χ1) is 16.4. The van der Waals surface area contributed by atoms with Crippen molar-refractivity contribution in [1.82, 2.24) is 9.80 Å². The van der Waals surface area contributed by atoms with E-state index in [1.54, 1.807) is 28.0 Å². The number of carbonyl (C=O) groups excluding carboxylic acids is 3. The van der Waals surface area contributed by atoms with Crippen molar-refractivity contribution in [2.75, 3.05) is 26.2 Å². The van der Waals surface area contributed by atoms with Gasteiger partial charge in [0.25, 0.3) is 11.8 Å². The van der Waals surface area contributed by atoms with Crippen LogP contribution in [-0.4, -0.2) is 64.5 Å². The van der Waals surface area contributed by atoms with E-state index in [1.807, 2.05) is 30.3 Å². The van der Waals surface area contributed by atoms with Crippen molar-refractivity contribution in [3.63, 3.8) is 0 Å². The zero-order valence-corrected chi connectivity index (χ0v) is 19.2. The Kier molecular flexibility index (Phi) is 6.13. The number of nitrogens with zero attached hydrogens (tertiary/aromatic N) is 2. The van der Waals surface area contributed by atoms with Crippen molar-refractivity contribution >= 4 is 17.8 Å². The molecule has 2 aromatic rings. The van der Waals surface area contributed by atoms with Crippen molar-refractivity contribution in [2.24, 2.45) is 5.92 Å². The Labute approximate surface area is 199 Å². The van der Waals surface area contributed by atoms with Gasteiger partial charge in [0.15, 0.2) is 0 Å². The number of ether oxygens (including phenoxy) is 1. The number of piperazine rings is 1. The summed E-state index contributed by atoms with van der Waals surface area (Å²) < 4.78 is 5.53. The lowest BCUT2D eigenvalue weighted by molar-refractivity contribution is -0.144. The minimum atomic E-state index is -1.16. The van der Waals surface area contributed by atoms with Crippen LogP contribution in [0.4, 0.5) is 0 Å². The molecule has 2 amide bonds. The molecule has 0 aromatic heterocycles. The van der Waals surface area contributed by atoms with Gasteiger partial charge in [0.1, 0.15) is 11.4 Å². The highest BCUT2D eigenvalue weighted by Crippen LogP contribution is 2.37. The maximum absolute atomic E-state index is 12.9. The molecule has 0 spiro atoms. The van der Waals surface area contributed by atoms with Gasteiger partial charge in [-0.1, -0.05) is 30.7 Å². The van der Waals surface area contributed by atoms with Crippen LogP contribution in [0.1, 0.15) is 48.9 Å². The minimum Gasteiger partial charge on any atom is -0.426 e. The second-order valence-electron chi connectivity index (χ2n) is 9.70. The summed E-state index contributed by atoms with van der Waals surface area (Å²) in [6.45, 7) is 1.79. The smallest absolute Gasteiger partial charge is 0.311 e. The highest BCUT2D eigenvalue weighted by molar-refractivity contribution is 5.95. The number of amides is 2. The Balaban J connectivity index is 1.18. The number of rotatable bonds is 6. The average molecular weight is 463 g/mol. The zero-order chi connectivity index (χ0) is 23.7. The first-order valence-electron chi connectivity index (χ1n) is 12.1. The standard InChI is InChI=1S/C27H30N2O5/c30-24(17-19-3-1-4-19)34-23-6-2-5-22(18-23)20-7-9-21(10-8-20)25(31)28-13-15-29(16-14-28)26(32)27(33)11-12-27/h2,5-10,18-19,33H,1,3-4,11-17H2. The van der Waals surface area contributed by atoms with Gasteiger partial charge in [0.05, 0.1) is 0 Å². The summed E-state index contributed by atoms with van der Waals surface area (Å²) in [5.74, 6) is 0.539. The second-order valence-corrected chi connectivity index (χ2v) is 9.70. The van der Waals surface area contributed by atoms with Crippen LogP contribution in [0, 0.1) is 5.92 Å². The number of esters is 1. The van der Waals surface area contributed by atoms with Gasteiger partial charge in [0, 0.05) is 38.2 Å². The average Bonchev–Trinajstić information content (AvgIpc) is 3.59. The van der Waals surface area contributed by atoms with Crippen molar-refractivity contribution in [1.29, 1.82) is 0 Å². The van der Waals surface area contributed by atoms with Crippen LogP contribution >= 0.6 is 0 Å². The molecule has 0 bridgehead atoms. The third kappa shape index (κ3) is 4.85. The lowest BCUT2D eigenvalue weighted by atomic mass is 9.83. The molecule has 1 aliphatic heterocycles. The largest absolute Gasteiger partial charge is 0.426 e. The molecular weight excluding hydrogens is 432 g/mol. The molecule has 2 aliphatic carbocycles. The third-order valence-electron chi connectivity index (χ3n) is 7.19. The van der Waals surface area contributed by atoms with Crippen molar-refractivity contribution in [3.8, 4) is 16.9 Å². The summed E-state index contributed by atoms with van der Waals surface area (Å²) in [6, 6.07) is 14.8. The van der Waals surface area contributed by atoms with Gasteiger partial charge in [-0.2, -0.15) is 0 Å². The zero-order valence-electron chi connectivity index (χ0n) is 19.2. The summed E-state index contributed by atoms with van der Waals surface area (Å²) in [6.07, 6.45) is 4.96. The van der Waals surface area contributed by atoms with Gasteiger partial charge < -0.3 is 19.6 Å². The molecule has 1 heterocycles. The van der Waals surface area contributed by atoms with Crippen LogP contribution in [0.15, 0.2) is 48.5 Å². The first-order valence-corrected chi connectivity index (χ1v) is 12.1. The number of hydrogen-bond acceptors (Lipinski definition) is 5. The molecule has 2 saturated carbocycles. The molecule has 0 atom stereocenters. The molecule has 178 valence electrons. The Morgan fingerprint density at radius 3 is 2.21 bits per heavy atom. The summed E-state index contributed by atoms with van der Waals surface area (Å²) in [5.41, 5.74) is 1.28. The molecule has 34 heavy (non-hydrogen) atoms. The van der Waals surface area contributed by atoms with Crippen LogP contribution in [0.5, 0.6) is 5.75 Å². The molecule has 7 nitrogen and oxygen atoms in total. The van der Waals surface area contributed by atoms with E-state index in [0.717, 1.165) is 24.0 Å². The quantitative estimate of drug-likeness (QED) is 0.526. The Morgan fingerprint density at radius 2 is 1.59 bits per heavy atom. The molecule has 1 N–H and O–H groups in total. The molecule has 3 aliphatic rings. The fourth-order valence-corrected chi connectivity index (χ4v) is 4.57. The predicted octanol–water partition coefficient (Wildman–Crippen LogP) is 3.26. The van der Waals surface area contributed by atoms with E-state index in [1.165, 1.54) is 6.42 Å². The number of benzene rings is 2. The summed E-state index contributed by atoms with van der Waals surface area (Å²) >= 11 is 0. The van der Waals surface area contributed by atoms with Gasteiger partial charge in [0.2, 0.25) is 0 Å². The van der Waals surface area contributed by atoms with E-state index in [-0.39, 0.29) is 17.8 Å². The fraction of sp³-hybridized carbons (Fsp3) is 0.444. The Morgan fingerprint density at radius 1 is 0.912 bits per heavy atom. The number of aliphatic hydroxyl groups is 1. The number of hydrogen-bond donors (Lipinski definition) is 1. The van der Waals surface area contributed by atoms with E-state index in [9.17, 15) is 19.5 Å². The molecule has 7 heteroatoms. The molecule has 5 rings (SSSR count). The maximum Gasteiger partial charge on any atom is 0.311 e. The molecule has 0 radical (unpaired) electrons. The van der Waals surface area contributed by atoms with E-state index in [4.69, 9.17) is 4.74 Å². The maximum atomic E-state index is 12.9. The van der Waals surface area contributed by atoms with Crippen molar-refractivity contribution < 1.29 is 24.2 Å². The summed E-state index contributed by atoms with van der Waals surface area (Å²) in [7, 11) is 0. The van der Waals surface area contributed by atoms with Crippen LogP contribution in [0.3, 0.4) is 0 Å². The van der Waals surface area contributed by atoms with Gasteiger partial charge in [-0.05, 0) is 67.0 Å². The minimum absolute atomic E-state index is 0.0672. The normalized spacial score (nSPS) is 19.3. The molecule has 1 saturated heterocycles. The number of carbonyl (C=O) groups is 3. The lowest BCUT2D eigenvalue weighted by Gasteiger charge is -2.35. The monoisotopic (exact) mass is 462 g/mol. The van der Waals surface area contributed by atoms with E-state index < -0.39 is 5.60 Å². The molecule has 0 unspecified atom stereocenters. The van der Waals surface area contributed by atoms with Gasteiger partial charge >= 0.3 is 5.97 Å². The van der Waals surface area contributed by atoms with Crippen molar-refractivity contribution in [3.05, 3.63) is 54.1 Å². The Bertz CT molecular complexity index is 1080. The van der Waals surface area contributed by atoms with E-state index >= 15 is 0 Å². The predicted molar refractivity (Wildman–Crippen MR) is 126 cm³/mol. The highest BCUT2D eigenvalue weighted by atomic mass is 16.5. The summed E-state index contributed by atoms with van der Waals surface area (Å²) in [4.78, 5) is 40.8. The van der Waals surface area contributed by atoms with Gasteiger partial charge in [-0.15, -0.1) is 0 Å². The summed E-state index contributed by atoms with van der Waals surface area (Å²) in [5, 5.41) is 10.0. The van der Waals surface area contributed by atoms with Crippen LogP contribution in [0.25, 0.3) is 11.1 Å². The second kappa shape index (κ2) is 9.22. The first kappa shape index (κ1) is 22.6. The third-order valence-corrected chi connectivity index (χ3v) is 7.19. The molecule has 3 fully saturated rings. The van der Waals surface area contributed by atoms with Crippen molar-refractivity contribution in [2.45, 2.75) is 44.1 Å². The van der Waals surface area contributed by atoms with Gasteiger partial charge in [-0.3, -0.25) is 14.4 Å². The molecular formula is C27H30N2O5. The van der Waals surface area contributed by atoms with Crippen LogP contribution in [-0.2, 0) is 9.59 Å². The van der Waals surface area contributed by atoms with Gasteiger partial charge in [-0.25, -0.2) is 0 Å². The SMILES string of the molecule is O=C(CC1CCC1)Oc1cccc(-c2ccc(C(=O)N3CCN(C(=O)C4(O)CC4)CC3)cc2)c1. The van der Waals surface area contributed by atoms with E-state index in [2.05, 4.69) is 0 Å². The molecule has 2 aromatic carbocycles.